The van der Waals surface area contributed by atoms with Crippen LogP contribution < -0.4 is 16.4 Å². The van der Waals surface area contributed by atoms with Crippen LogP contribution in [0.1, 0.15) is 39.0 Å². The number of rotatable bonds is 12. The number of carbonyl (C=O) groups is 4. The summed E-state index contributed by atoms with van der Waals surface area (Å²) >= 11 is 0. The highest BCUT2D eigenvalue weighted by Gasteiger charge is 2.26. The van der Waals surface area contributed by atoms with E-state index in [1.807, 2.05) is 14.1 Å². The van der Waals surface area contributed by atoms with Gasteiger partial charge in [-0.3, -0.25) is 14.4 Å². The predicted octanol–water partition coefficient (Wildman–Crippen LogP) is -0.854. The molecule has 3 amide bonds. The number of amides is 3. The summed E-state index contributed by atoms with van der Waals surface area (Å²) in [4.78, 5) is 48.7. The van der Waals surface area contributed by atoms with Crippen LogP contribution in [0.15, 0.2) is 0 Å². The van der Waals surface area contributed by atoms with E-state index in [1.165, 1.54) is 14.0 Å². The Morgan fingerprint density at radius 1 is 1.08 bits per heavy atom. The van der Waals surface area contributed by atoms with Crippen LogP contribution in [0.2, 0.25) is 0 Å². The van der Waals surface area contributed by atoms with Gasteiger partial charge in [-0.2, -0.15) is 0 Å². The maximum atomic E-state index is 12.1. The molecule has 0 saturated heterocycles. The van der Waals surface area contributed by atoms with Crippen molar-refractivity contribution in [2.24, 2.45) is 5.73 Å². The maximum absolute atomic E-state index is 12.1. The van der Waals surface area contributed by atoms with Gasteiger partial charge in [0.05, 0.1) is 13.5 Å². The molecule has 9 heteroatoms. The molecule has 0 aliphatic carbocycles. The van der Waals surface area contributed by atoms with Crippen molar-refractivity contribution in [3.05, 3.63) is 0 Å². The number of esters is 1. The van der Waals surface area contributed by atoms with Crippen LogP contribution >= 0.6 is 0 Å². The molecule has 2 atom stereocenters. The van der Waals surface area contributed by atoms with Crippen LogP contribution in [0.4, 0.5) is 0 Å². The highest BCUT2D eigenvalue weighted by atomic mass is 16.5. The minimum Gasteiger partial charge on any atom is -0.467 e. The minimum absolute atomic E-state index is 0.253. The molecule has 0 aromatic rings. The van der Waals surface area contributed by atoms with Crippen LogP contribution in [-0.4, -0.2) is 68.4 Å². The van der Waals surface area contributed by atoms with E-state index < -0.39 is 29.9 Å². The number of carbonyl (C=O) groups excluding carboxylic acids is 4. The topological polar surface area (TPSA) is 131 Å². The summed E-state index contributed by atoms with van der Waals surface area (Å²) in [5.74, 6) is -2.34. The predicted molar refractivity (Wildman–Crippen MR) is 92.4 cm³/mol. The lowest BCUT2D eigenvalue weighted by Gasteiger charge is -2.19. The highest BCUT2D eigenvalue weighted by Crippen LogP contribution is 2.02. The van der Waals surface area contributed by atoms with Gasteiger partial charge in [0.1, 0.15) is 12.1 Å². The monoisotopic (exact) mass is 358 g/mol. The average Bonchev–Trinajstić information content (AvgIpc) is 2.52. The minimum atomic E-state index is -1.11. The molecule has 0 bridgehead atoms. The SMILES string of the molecule is COC(=O)[C@H](C)NC(=O)[C@@H](CC(N)=O)NC(=O)CCCCCN(C)C. The smallest absolute Gasteiger partial charge is 0.328 e. The van der Waals surface area contributed by atoms with Crippen molar-refractivity contribution in [1.29, 1.82) is 0 Å². The van der Waals surface area contributed by atoms with Crippen LogP contribution in [0.3, 0.4) is 0 Å². The van der Waals surface area contributed by atoms with E-state index in [1.54, 1.807) is 0 Å². The highest BCUT2D eigenvalue weighted by molar-refractivity contribution is 5.93. The fourth-order valence-corrected chi connectivity index (χ4v) is 2.12. The zero-order valence-electron chi connectivity index (χ0n) is 15.5. The van der Waals surface area contributed by atoms with Crippen molar-refractivity contribution in [2.45, 2.75) is 51.1 Å². The molecular weight excluding hydrogens is 328 g/mol. The molecule has 0 saturated carbocycles. The molecule has 0 aliphatic heterocycles. The van der Waals surface area contributed by atoms with E-state index >= 15 is 0 Å². The van der Waals surface area contributed by atoms with E-state index in [-0.39, 0.29) is 18.7 Å². The molecular formula is C16H30N4O5. The van der Waals surface area contributed by atoms with Crippen molar-refractivity contribution in [1.82, 2.24) is 15.5 Å². The first kappa shape index (κ1) is 22.8. The second-order valence-corrected chi connectivity index (χ2v) is 6.16. The lowest BCUT2D eigenvalue weighted by atomic mass is 10.1. The lowest BCUT2D eigenvalue weighted by molar-refractivity contribution is -0.144. The van der Waals surface area contributed by atoms with Crippen LogP contribution in [-0.2, 0) is 23.9 Å². The average molecular weight is 358 g/mol. The first-order chi connectivity index (χ1) is 11.7. The van der Waals surface area contributed by atoms with E-state index in [0.717, 1.165) is 19.4 Å². The quantitative estimate of drug-likeness (QED) is 0.307. The number of methoxy groups -OCH3 is 1. The first-order valence-electron chi connectivity index (χ1n) is 8.28. The Bertz CT molecular complexity index is 467. The van der Waals surface area contributed by atoms with E-state index in [4.69, 9.17) is 5.73 Å². The summed E-state index contributed by atoms with van der Waals surface area (Å²) in [5, 5.41) is 4.88. The van der Waals surface area contributed by atoms with Gasteiger partial charge in [-0.15, -0.1) is 0 Å². The van der Waals surface area contributed by atoms with Crippen LogP contribution in [0.5, 0.6) is 0 Å². The first-order valence-corrected chi connectivity index (χ1v) is 8.28. The number of unbranched alkanes of at least 4 members (excludes halogenated alkanes) is 2. The summed E-state index contributed by atoms with van der Waals surface area (Å²) in [6.07, 6.45) is 2.46. The van der Waals surface area contributed by atoms with Crippen molar-refractivity contribution >= 4 is 23.7 Å². The number of nitrogens with zero attached hydrogens (tertiary/aromatic N) is 1. The number of nitrogens with one attached hydrogen (secondary N) is 2. The standard InChI is InChI=1S/C16H30N4O5/c1-11(16(24)25-4)18-15(23)12(10-13(17)21)19-14(22)8-6-5-7-9-20(2)3/h11-12H,5-10H2,1-4H3,(H2,17,21)(H,18,23)(H,19,22)/t11-,12+/m0/s1. The Labute approximate surface area is 148 Å². The molecule has 25 heavy (non-hydrogen) atoms. The van der Waals surface area contributed by atoms with Crippen LogP contribution in [0.25, 0.3) is 0 Å². The molecule has 0 heterocycles. The summed E-state index contributed by atoms with van der Waals surface area (Å²) in [5.41, 5.74) is 5.13. The molecule has 0 rings (SSSR count). The third-order valence-electron chi connectivity index (χ3n) is 3.48. The Morgan fingerprint density at radius 2 is 1.72 bits per heavy atom. The van der Waals surface area contributed by atoms with E-state index in [0.29, 0.717) is 6.42 Å². The van der Waals surface area contributed by atoms with Gasteiger partial charge in [-0.25, -0.2) is 4.79 Å². The summed E-state index contributed by atoms with van der Waals surface area (Å²) in [6, 6.07) is -2.00. The van der Waals surface area contributed by atoms with Gasteiger partial charge in [-0.05, 0) is 40.4 Å². The van der Waals surface area contributed by atoms with Gasteiger partial charge in [0.25, 0.3) is 0 Å². The fourth-order valence-electron chi connectivity index (χ4n) is 2.12. The Morgan fingerprint density at radius 3 is 2.24 bits per heavy atom. The van der Waals surface area contributed by atoms with Crippen molar-refractivity contribution < 1.29 is 23.9 Å². The summed E-state index contributed by atoms with van der Waals surface area (Å²) < 4.78 is 4.51. The molecule has 0 spiro atoms. The Balaban J connectivity index is 4.46. The molecule has 9 nitrogen and oxygen atoms in total. The zero-order chi connectivity index (χ0) is 19.4. The Kier molecular flexibility index (Phi) is 11.2. The van der Waals surface area contributed by atoms with Gasteiger partial charge in [0.2, 0.25) is 17.7 Å². The van der Waals surface area contributed by atoms with Gasteiger partial charge >= 0.3 is 5.97 Å². The third-order valence-corrected chi connectivity index (χ3v) is 3.48. The number of ether oxygens (including phenoxy) is 1. The second kappa shape index (κ2) is 12.2. The summed E-state index contributed by atoms with van der Waals surface area (Å²) in [7, 11) is 5.16. The molecule has 4 N–H and O–H groups in total. The van der Waals surface area contributed by atoms with Gasteiger partial charge in [-0.1, -0.05) is 6.42 Å². The fraction of sp³-hybridized carbons (Fsp3) is 0.750. The van der Waals surface area contributed by atoms with Gasteiger partial charge in [0.15, 0.2) is 0 Å². The normalized spacial score (nSPS) is 13.0. The zero-order valence-corrected chi connectivity index (χ0v) is 15.5. The largest absolute Gasteiger partial charge is 0.467 e. The van der Waals surface area contributed by atoms with Crippen molar-refractivity contribution in [2.75, 3.05) is 27.7 Å². The van der Waals surface area contributed by atoms with Gasteiger partial charge in [0, 0.05) is 6.42 Å². The number of nitrogens with two attached hydrogens (primary N) is 1. The maximum Gasteiger partial charge on any atom is 0.328 e. The molecule has 0 unspecified atom stereocenters. The molecule has 0 aromatic carbocycles. The molecule has 0 aliphatic rings. The lowest BCUT2D eigenvalue weighted by Crippen LogP contribution is -2.52. The number of hydrogen-bond donors (Lipinski definition) is 3. The van der Waals surface area contributed by atoms with E-state index in [9.17, 15) is 19.2 Å². The van der Waals surface area contributed by atoms with Crippen molar-refractivity contribution in [3.8, 4) is 0 Å². The summed E-state index contributed by atoms with van der Waals surface area (Å²) in [6.45, 7) is 2.39. The molecule has 0 fully saturated rings. The van der Waals surface area contributed by atoms with Crippen molar-refractivity contribution in [3.63, 3.8) is 0 Å². The molecule has 144 valence electrons. The molecule has 0 aromatic heterocycles. The molecule has 0 radical (unpaired) electrons. The third kappa shape index (κ3) is 11.1. The van der Waals surface area contributed by atoms with E-state index in [2.05, 4.69) is 20.3 Å². The Hall–Kier alpha value is -2.16. The van der Waals surface area contributed by atoms with Gasteiger partial charge < -0.3 is 26.0 Å². The number of primary amides is 1. The second-order valence-electron chi connectivity index (χ2n) is 6.16. The van der Waals surface area contributed by atoms with Crippen LogP contribution in [0, 0.1) is 0 Å². The number of hydrogen-bond acceptors (Lipinski definition) is 6.